The topological polar surface area (TPSA) is 61.6 Å². The number of allylic oxidation sites excluding steroid dienone is 8. The van der Waals surface area contributed by atoms with Gasteiger partial charge in [0.25, 0.3) is 0 Å². The fraction of sp³-hybridized carbons (Fsp3) is 0.233. The summed E-state index contributed by atoms with van der Waals surface area (Å²) in [6, 6.07) is 16.4. The third-order valence-corrected chi connectivity index (χ3v) is 6.86. The number of fused-ring (bicyclic) bond motifs is 1. The lowest BCUT2D eigenvalue weighted by atomic mass is 9.71. The van der Waals surface area contributed by atoms with Crippen LogP contribution in [-0.4, -0.2) is 9.97 Å². The van der Waals surface area contributed by atoms with Crippen molar-refractivity contribution in [3.8, 4) is 6.07 Å². The van der Waals surface area contributed by atoms with Crippen LogP contribution in [0.3, 0.4) is 0 Å². The normalized spacial score (nSPS) is 21.6. The minimum Gasteiger partial charge on any atom is -0.340 e. The highest BCUT2D eigenvalue weighted by molar-refractivity contribution is 5.94. The van der Waals surface area contributed by atoms with Crippen molar-refractivity contribution in [2.45, 2.75) is 33.1 Å². The summed E-state index contributed by atoms with van der Waals surface area (Å²) in [5, 5.41) is 13.3. The average Bonchev–Trinajstić information content (AvgIpc) is 2.86. The highest BCUT2D eigenvalue weighted by atomic mass is 15.0. The van der Waals surface area contributed by atoms with Crippen molar-refractivity contribution in [2.75, 3.05) is 5.32 Å². The second-order valence-electron chi connectivity index (χ2n) is 9.48. The van der Waals surface area contributed by atoms with Gasteiger partial charge < -0.3 is 5.32 Å². The van der Waals surface area contributed by atoms with E-state index in [4.69, 9.17) is 5.26 Å². The summed E-state index contributed by atoms with van der Waals surface area (Å²) in [4.78, 5) is 8.97. The molecule has 4 heteroatoms. The Morgan fingerprint density at radius 1 is 1.15 bits per heavy atom. The summed E-state index contributed by atoms with van der Waals surface area (Å²) in [5.74, 6) is 1.38. The Morgan fingerprint density at radius 3 is 2.74 bits per heavy atom. The number of nitrogens with one attached hydrogen (secondary N) is 1. The van der Waals surface area contributed by atoms with Crippen LogP contribution in [0.1, 0.15) is 37.8 Å². The van der Waals surface area contributed by atoms with Gasteiger partial charge in [0.2, 0.25) is 0 Å². The van der Waals surface area contributed by atoms with Gasteiger partial charge in [-0.3, -0.25) is 0 Å². The predicted molar refractivity (Wildman–Crippen MR) is 139 cm³/mol. The van der Waals surface area contributed by atoms with Crippen LogP contribution >= 0.6 is 0 Å². The van der Waals surface area contributed by atoms with E-state index < -0.39 is 0 Å². The Hall–Kier alpha value is -3.97. The van der Waals surface area contributed by atoms with E-state index in [0.717, 1.165) is 40.8 Å². The van der Waals surface area contributed by atoms with Crippen LogP contribution in [0.15, 0.2) is 90.8 Å². The minimum absolute atomic E-state index is 0.0763. The molecule has 2 aromatic carbocycles. The SMILES string of the molecule is CC1C=CC=C(C2(C)C=CC(c3ccc4ncnc(Nc5ccc(CC#N)cc5)c4c3)=CC2)C1. The first kappa shape index (κ1) is 21.9. The van der Waals surface area contributed by atoms with E-state index in [9.17, 15) is 0 Å². The zero-order valence-electron chi connectivity index (χ0n) is 19.6. The highest BCUT2D eigenvalue weighted by Crippen LogP contribution is 2.42. The Balaban J connectivity index is 1.41. The van der Waals surface area contributed by atoms with E-state index in [1.54, 1.807) is 6.33 Å². The number of nitriles is 1. The molecule has 5 rings (SSSR count). The van der Waals surface area contributed by atoms with E-state index in [1.165, 1.54) is 16.7 Å². The molecule has 0 radical (unpaired) electrons. The molecule has 2 aliphatic rings. The molecule has 0 fully saturated rings. The van der Waals surface area contributed by atoms with E-state index in [0.29, 0.717) is 12.3 Å². The van der Waals surface area contributed by atoms with Gasteiger partial charge in [-0.1, -0.05) is 74.1 Å². The molecule has 3 aromatic rings. The number of rotatable bonds is 5. The van der Waals surface area contributed by atoms with Gasteiger partial charge in [-0.05, 0) is 59.7 Å². The van der Waals surface area contributed by atoms with E-state index >= 15 is 0 Å². The number of aromatic nitrogens is 2. The van der Waals surface area contributed by atoms with Gasteiger partial charge in [0.15, 0.2) is 0 Å². The fourth-order valence-corrected chi connectivity index (χ4v) is 4.72. The fourth-order valence-electron chi connectivity index (χ4n) is 4.72. The van der Waals surface area contributed by atoms with Crippen molar-refractivity contribution in [3.63, 3.8) is 0 Å². The van der Waals surface area contributed by atoms with Crippen molar-refractivity contribution < 1.29 is 0 Å². The smallest absolute Gasteiger partial charge is 0.141 e. The number of hydrogen-bond acceptors (Lipinski definition) is 4. The first-order chi connectivity index (χ1) is 16.5. The monoisotopic (exact) mass is 444 g/mol. The maximum atomic E-state index is 8.88. The second-order valence-corrected chi connectivity index (χ2v) is 9.48. The molecule has 168 valence electrons. The molecule has 1 aromatic heterocycles. The molecule has 4 nitrogen and oxygen atoms in total. The predicted octanol–water partition coefficient (Wildman–Crippen LogP) is 7.31. The van der Waals surface area contributed by atoms with Gasteiger partial charge in [-0.2, -0.15) is 5.26 Å². The third-order valence-electron chi connectivity index (χ3n) is 6.86. The lowest BCUT2D eigenvalue weighted by Gasteiger charge is -2.33. The lowest BCUT2D eigenvalue weighted by molar-refractivity contribution is 0.474. The molecule has 2 unspecified atom stereocenters. The van der Waals surface area contributed by atoms with Crippen molar-refractivity contribution in [2.24, 2.45) is 11.3 Å². The maximum Gasteiger partial charge on any atom is 0.141 e. The molecule has 0 saturated heterocycles. The van der Waals surface area contributed by atoms with E-state index in [1.807, 2.05) is 24.3 Å². The van der Waals surface area contributed by atoms with E-state index in [-0.39, 0.29) is 5.41 Å². The van der Waals surface area contributed by atoms with Crippen LogP contribution in [0.4, 0.5) is 11.5 Å². The molecule has 0 bridgehead atoms. The number of anilines is 2. The first-order valence-corrected chi connectivity index (χ1v) is 11.8. The number of nitrogens with zero attached hydrogens (tertiary/aromatic N) is 3. The van der Waals surface area contributed by atoms with Gasteiger partial charge in [0.05, 0.1) is 18.0 Å². The maximum absolute atomic E-state index is 8.88. The Bertz CT molecular complexity index is 1390. The summed E-state index contributed by atoms with van der Waals surface area (Å²) in [5.41, 5.74) is 6.82. The van der Waals surface area contributed by atoms with Crippen LogP contribution < -0.4 is 5.32 Å². The summed E-state index contributed by atoms with van der Waals surface area (Å²) in [6.07, 6.45) is 17.9. The summed E-state index contributed by atoms with van der Waals surface area (Å²) in [7, 11) is 0. The first-order valence-electron chi connectivity index (χ1n) is 11.8. The van der Waals surface area contributed by atoms with Crippen LogP contribution in [0.25, 0.3) is 16.5 Å². The van der Waals surface area contributed by atoms with Crippen LogP contribution in [0.2, 0.25) is 0 Å². The summed E-state index contributed by atoms with van der Waals surface area (Å²) < 4.78 is 0. The Morgan fingerprint density at radius 2 is 2.00 bits per heavy atom. The zero-order valence-corrected chi connectivity index (χ0v) is 19.6. The molecular formula is C30H28N4. The van der Waals surface area contributed by atoms with Crippen LogP contribution in [0, 0.1) is 22.7 Å². The Kier molecular flexibility index (Phi) is 5.86. The standard InChI is InChI=1S/C30H28N4/c1-21-4-3-5-25(18-21)30(2)15-12-23(13-16-30)24-8-11-28-27(19-24)29(33-20-32-28)34-26-9-6-22(7-10-26)14-17-31/h3-13,15,19-21H,14,16,18H2,1-2H3,(H,32,33,34). The van der Waals surface area contributed by atoms with Gasteiger partial charge >= 0.3 is 0 Å². The summed E-state index contributed by atoms with van der Waals surface area (Å²) >= 11 is 0. The van der Waals surface area contributed by atoms with Crippen molar-refractivity contribution in [1.82, 2.24) is 9.97 Å². The zero-order chi connectivity index (χ0) is 23.5. The molecular weight excluding hydrogens is 416 g/mol. The molecule has 0 aliphatic heterocycles. The molecule has 2 aliphatic carbocycles. The van der Waals surface area contributed by atoms with Crippen LogP contribution in [-0.2, 0) is 6.42 Å². The lowest BCUT2D eigenvalue weighted by Crippen LogP contribution is -2.20. The van der Waals surface area contributed by atoms with Gasteiger partial charge in [0.1, 0.15) is 12.1 Å². The molecule has 1 N–H and O–H groups in total. The largest absolute Gasteiger partial charge is 0.340 e. The third kappa shape index (κ3) is 4.43. The van der Waals surface area contributed by atoms with Crippen molar-refractivity contribution in [1.29, 1.82) is 5.26 Å². The van der Waals surface area contributed by atoms with Gasteiger partial charge in [-0.15, -0.1) is 0 Å². The molecule has 34 heavy (non-hydrogen) atoms. The molecule has 1 heterocycles. The molecule has 2 atom stereocenters. The Labute approximate surface area is 201 Å². The minimum atomic E-state index is 0.0763. The molecule has 0 spiro atoms. The number of hydrogen-bond donors (Lipinski definition) is 1. The second kappa shape index (κ2) is 9.11. The summed E-state index contributed by atoms with van der Waals surface area (Å²) in [6.45, 7) is 4.62. The quantitative estimate of drug-likeness (QED) is 0.448. The van der Waals surface area contributed by atoms with E-state index in [2.05, 4.69) is 89.9 Å². The molecule has 0 amide bonds. The molecule has 0 saturated carbocycles. The van der Waals surface area contributed by atoms with Gasteiger partial charge in [-0.25, -0.2) is 9.97 Å². The number of benzene rings is 2. The van der Waals surface area contributed by atoms with Crippen molar-refractivity contribution in [3.05, 3.63) is 102 Å². The average molecular weight is 445 g/mol. The highest BCUT2D eigenvalue weighted by Gasteiger charge is 2.28. The van der Waals surface area contributed by atoms with Gasteiger partial charge in [0, 0.05) is 16.5 Å². The van der Waals surface area contributed by atoms with Crippen LogP contribution in [0.5, 0.6) is 0 Å². The van der Waals surface area contributed by atoms with Crippen molar-refractivity contribution >= 4 is 28.0 Å².